The quantitative estimate of drug-likeness (QED) is 0.851. The van der Waals surface area contributed by atoms with Crippen LogP contribution in [0.5, 0.6) is 0 Å². The summed E-state index contributed by atoms with van der Waals surface area (Å²) in [6.45, 7) is 0.741. The maximum absolute atomic E-state index is 11.0. The highest BCUT2D eigenvalue weighted by molar-refractivity contribution is 7.90. The Hall–Kier alpha value is -0.100. The molecule has 0 saturated heterocycles. The van der Waals surface area contributed by atoms with Crippen molar-refractivity contribution < 1.29 is 8.42 Å². The normalized spacial score (nSPS) is 19.8. The Bertz CT molecular complexity index is 510. The Morgan fingerprint density at radius 1 is 1.56 bits per heavy atom. The number of fused-ring (bicyclic) bond motifs is 1. The van der Waals surface area contributed by atoms with Crippen LogP contribution in [0.15, 0.2) is 6.07 Å². The molecule has 18 heavy (non-hydrogen) atoms. The van der Waals surface area contributed by atoms with Crippen molar-refractivity contribution in [2.45, 2.75) is 31.7 Å². The Kier molecular flexibility index (Phi) is 4.69. The third-order valence-electron chi connectivity index (χ3n) is 3.17. The third kappa shape index (κ3) is 3.95. The minimum absolute atomic E-state index is 0.254. The van der Waals surface area contributed by atoms with E-state index in [1.807, 2.05) is 0 Å². The van der Waals surface area contributed by atoms with E-state index in [1.54, 1.807) is 11.3 Å². The lowest BCUT2D eigenvalue weighted by Gasteiger charge is -2.23. The van der Waals surface area contributed by atoms with Crippen LogP contribution >= 0.6 is 22.9 Å². The Balaban J connectivity index is 1.87. The van der Waals surface area contributed by atoms with Gasteiger partial charge in [-0.25, -0.2) is 8.42 Å². The number of hydrogen-bond donors (Lipinski definition) is 1. The number of nitrogens with one attached hydrogen (secondary N) is 1. The zero-order chi connectivity index (χ0) is 13.2. The van der Waals surface area contributed by atoms with Crippen LogP contribution in [0.25, 0.3) is 0 Å². The predicted molar refractivity (Wildman–Crippen MR) is 77.3 cm³/mol. The molecule has 0 amide bonds. The van der Waals surface area contributed by atoms with Crippen molar-refractivity contribution in [3.8, 4) is 0 Å². The lowest BCUT2D eigenvalue weighted by atomic mass is 9.94. The maximum Gasteiger partial charge on any atom is 0.147 e. The van der Waals surface area contributed by atoms with Gasteiger partial charge < -0.3 is 5.32 Å². The molecule has 6 heteroatoms. The monoisotopic (exact) mass is 307 g/mol. The zero-order valence-corrected chi connectivity index (χ0v) is 12.8. The van der Waals surface area contributed by atoms with E-state index in [0.717, 1.165) is 23.7 Å². The fourth-order valence-electron chi connectivity index (χ4n) is 2.34. The minimum Gasteiger partial charge on any atom is -0.310 e. The standard InChI is InChI=1S/C12H18ClNO2S2/c1-18(15,16)7-3-6-14-10-4-2-5-11-9(10)8-12(13)17-11/h8,10,14H,2-7H2,1H3. The molecule has 1 N–H and O–H groups in total. The smallest absolute Gasteiger partial charge is 0.147 e. The van der Waals surface area contributed by atoms with E-state index in [1.165, 1.54) is 23.1 Å². The molecule has 1 atom stereocenters. The van der Waals surface area contributed by atoms with Crippen LogP contribution in [0.1, 0.15) is 35.7 Å². The van der Waals surface area contributed by atoms with Crippen LogP contribution in [0.4, 0.5) is 0 Å². The van der Waals surface area contributed by atoms with Gasteiger partial charge in [-0.2, -0.15) is 0 Å². The van der Waals surface area contributed by atoms with Gasteiger partial charge >= 0.3 is 0 Å². The first-order chi connectivity index (χ1) is 8.46. The van der Waals surface area contributed by atoms with Crippen molar-refractivity contribution in [3.05, 3.63) is 20.8 Å². The van der Waals surface area contributed by atoms with Gasteiger partial charge in [0.1, 0.15) is 9.84 Å². The first kappa shape index (κ1) is 14.3. The average Bonchev–Trinajstić information content (AvgIpc) is 2.64. The first-order valence-electron chi connectivity index (χ1n) is 6.15. The van der Waals surface area contributed by atoms with E-state index in [4.69, 9.17) is 11.6 Å². The van der Waals surface area contributed by atoms with E-state index in [0.29, 0.717) is 12.5 Å². The number of hydrogen-bond acceptors (Lipinski definition) is 4. The summed E-state index contributed by atoms with van der Waals surface area (Å²) in [5, 5.41) is 3.45. The summed E-state index contributed by atoms with van der Waals surface area (Å²) in [5.74, 6) is 0.254. The Morgan fingerprint density at radius 2 is 2.33 bits per heavy atom. The van der Waals surface area contributed by atoms with Gasteiger partial charge in [-0.3, -0.25) is 0 Å². The largest absolute Gasteiger partial charge is 0.310 e. The second-order valence-electron chi connectivity index (χ2n) is 4.81. The first-order valence-corrected chi connectivity index (χ1v) is 9.40. The summed E-state index contributed by atoms with van der Waals surface area (Å²) in [6.07, 6.45) is 5.35. The Morgan fingerprint density at radius 3 is 3.06 bits per heavy atom. The molecule has 3 nitrogen and oxygen atoms in total. The molecular weight excluding hydrogens is 290 g/mol. The lowest BCUT2D eigenvalue weighted by molar-refractivity contribution is 0.464. The zero-order valence-electron chi connectivity index (χ0n) is 10.4. The van der Waals surface area contributed by atoms with Crippen LogP contribution in [0.2, 0.25) is 4.34 Å². The van der Waals surface area contributed by atoms with Crippen molar-refractivity contribution in [1.82, 2.24) is 5.32 Å². The summed E-state index contributed by atoms with van der Waals surface area (Å²) in [5.41, 5.74) is 1.32. The average molecular weight is 308 g/mol. The van der Waals surface area contributed by atoms with Gasteiger partial charge in [-0.15, -0.1) is 11.3 Å². The summed E-state index contributed by atoms with van der Waals surface area (Å²) in [6, 6.07) is 2.40. The SMILES string of the molecule is CS(=O)(=O)CCCNC1CCCc2sc(Cl)cc21. The molecule has 0 radical (unpaired) electrons. The highest BCUT2D eigenvalue weighted by Gasteiger charge is 2.22. The maximum atomic E-state index is 11.0. The number of thiophene rings is 1. The lowest BCUT2D eigenvalue weighted by Crippen LogP contribution is -2.26. The Labute approximate surface area is 117 Å². The molecule has 0 aromatic carbocycles. The van der Waals surface area contributed by atoms with Crippen LogP contribution in [-0.2, 0) is 16.3 Å². The fraction of sp³-hybridized carbons (Fsp3) is 0.667. The second kappa shape index (κ2) is 5.90. The fourth-order valence-corrected chi connectivity index (χ4v) is 4.40. The second-order valence-corrected chi connectivity index (χ2v) is 8.84. The summed E-state index contributed by atoms with van der Waals surface area (Å²) < 4.78 is 22.9. The van der Waals surface area contributed by atoms with E-state index in [2.05, 4.69) is 11.4 Å². The van der Waals surface area contributed by atoms with Gasteiger partial charge in [0.15, 0.2) is 0 Å². The van der Waals surface area contributed by atoms with Gasteiger partial charge in [-0.1, -0.05) is 11.6 Å². The van der Waals surface area contributed by atoms with Crippen LogP contribution in [0, 0.1) is 0 Å². The van der Waals surface area contributed by atoms with Crippen molar-refractivity contribution >= 4 is 32.8 Å². The third-order valence-corrected chi connectivity index (χ3v) is 5.54. The molecule has 1 aromatic rings. The van der Waals surface area contributed by atoms with Crippen molar-refractivity contribution in [3.63, 3.8) is 0 Å². The molecule has 0 fully saturated rings. The van der Waals surface area contributed by atoms with Crippen molar-refractivity contribution in [2.24, 2.45) is 0 Å². The highest BCUT2D eigenvalue weighted by Crippen LogP contribution is 2.37. The van der Waals surface area contributed by atoms with E-state index < -0.39 is 9.84 Å². The topological polar surface area (TPSA) is 46.2 Å². The van der Waals surface area contributed by atoms with Crippen LogP contribution in [-0.4, -0.2) is 27.0 Å². The van der Waals surface area contributed by atoms with E-state index in [-0.39, 0.29) is 5.75 Å². The molecule has 102 valence electrons. The number of aryl methyl sites for hydroxylation is 1. The van der Waals surface area contributed by atoms with Gasteiger partial charge in [0.25, 0.3) is 0 Å². The van der Waals surface area contributed by atoms with Crippen LogP contribution < -0.4 is 5.32 Å². The predicted octanol–water partition coefficient (Wildman–Crippen LogP) is 2.80. The molecule has 0 saturated carbocycles. The summed E-state index contributed by atoms with van der Waals surface area (Å²) in [7, 11) is -2.84. The van der Waals surface area contributed by atoms with Crippen LogP contribution in [0.3, 0.4) is 0 Å². The summed E-state index contributed by atoms with van der Waals surface area (Å²) in [4.78, 5) is 1.38. The minimum atomic E-state index is -2.84. The van der Waals surface area contributed by atoms with Gasteiger partial charge in [-0.05, 0) is 43.9 Å². The summed E-state index contributed by atoms with van der Waals surface area (Å²) >= 11 is 7.72. The van der Waals surface area contributed by atoms with Gasteiger partial charge in [0.2, 0.25) is 0 Å². The molecule has 1 heterocycles. The van der Waals surface area contributed by atoms with Crippen molar-refractivity contribution in [2.75, 3.05) is 18.6 Å². The van der Waals surface area contributed by atoms with Crippen molar-refractivity contribution in [1.29, 1.82) is 0 Å². The molecule has 1 aliphatic carbocycles. The molecule has 1 unspecified atom stereocenters. The molecule has 2 rings (SSSR count). The molecule has 0 aliphatic heterocycles. The number of rotatable bonds is 5. The van der Waals surface area contributed by atoms with Gasteiger partial charge in [0.05, 0.1) is 10.1 Å². The molecule has 0 bridgehead atoms. The molecule has 0 spiro atoms. The van der Waals surface area contributed by atoms with E-state index >= 15 is 0 Å². The van der Waals surface area contributed by atoms with Gasteiger partial charge in [0, 0.05) is 17.2 Å². The number of halogens is 1. The highest BCUT2D eigenvalue weighted by atomic mass is 35.5. The number of sulfone groups is 1. The molecular formula is C12H18ClNO2S2. The molecule has 1 aliphatic rings. The molecule has 1 aromatic heterocycles. The van der Waals surface area contributed by atoms with E-state index in [9.17, 15) is 8.42 Å².